The number of carbonyl (C=O) groups excluding carboxylic acids is 2. The van der Waals surface area contributed by atoms with Gasteiger partial charge in [-0.25, -0.2) is 4.39 Å². The van der Waals surface area contributed by atoms with Crippen molar-refractivity contribution in [2.45, 2.75) is 6.42 Å². The zero-order valence-electron chi connectivity index (χ0n) is 11.6. The summed E-state index contributed by atoms with van der Waals surface area (Å²) in [5, 5.41) is 4.74. The number of amides is 2. The van der Waals surface area contributed by atoms with Gasteiger partial charge in [0.1, 0.15) is 5.82 Å². The van der Waals surface area contributed by atoms with Crippen molar-refractivity contribution < 1.29 is 14.0 Å². The summed E-state index contributed by atoms with van der Waals surface area (Å²) in [4.78, 5) is 23.4. The first-order valence-corrected chi connectivity index (χ1v) is 7.44. The lowest BCUT2D eigenvalue weighted by Gasteiger charge is -2.07. The first kappa shape index (κ1) is 16.2. The standard InChI is InChI=1S/C16H14BrFN2O2/c17-12-6-7-14(13(18)10-12)20-16(22)15(21)19-9-8-11-4-2-1-3-5-11/h1-7,10H,8-9H2,(H,19,21)(H,20,22). The fourth-order valence-electron chi connectivity index (χ4n) is 1.82. The van der Waals surface area contributed by atoms with Crippen molar-refractivity contribution in [1.82, 2.24) is 5.32 Å². The molecule has 0 aliphatic rings. The van der Waals surface area contributed by atoms with Gasteiger partial charge in [0.25, 0.3) is 0 Å². The predicted octanol–water partition coefficient (Wildman–Crippen LogP) is 2.89. The Labute approximate surface area is 135 Å². The summed E-state index contributed by atoms with van der Waals surface area (Å²) in [5.41, 5.74) is 1.02. The molecule has 2 amide bonds. The fraction of sp³-hybridized carbons (Fsp3) is 0.125. The smallest absolute Gasteiger partial charge is 0.313 e. The van der Waals surface area contributed by atoms with Gasteiger partial charge in [0.15, 0.2) is 0 Å². The van der Waals surface area contributed by atoms with E-state index >= 15 is 0 Å². The van der Waals surface area contributed by atoms with Gasteiger partial charge in [-0.2, -0.15) is 0 Å². The van der Waals surface area contributed by atoms with E-state index in [0.29, 0.717) is 17.4 Å². The minimum absolute atomic E-state index is 0.0357. The molecule has 0 fully saturated rings. The number of anilines is 1. The molecule has 0 aromatic heterocycles. The van der Waals surface area contributed by atoms with Crippen LogP contribution in [-0.4, -0.2) is 18.4 Å². The van der Waals surface area contributed by atoms with E-state index in [9.17, 15) is 14.0 Å². The minimum atomic E-state index is -0.894. The summed E-state index contributed by atoms with van der Waals surface area (Å²) in [7, 11) is 0. The van der Waals surface area contributed by atoms with Crippen molar-refractivity contribution >= 4 is 33.4 Å². The molecular formula is C16H14BrFN2O2. The summed E-state index contributed by atoms with van der Waals surface area (Å²) in [5.74, 6) is -2.30. The van der Waals surface area contributed by atoms with E-state index in [2.05, 4.69) is 26.6 Å². The van der Waals surface area contributed by atoms with Gasteiger partial charge in [0, 0.05) is 11.0 Å². The Balaban J connectivity index is 1.83. The summed E-state index contributed by atoms with van der Waals surface area (Å²) in [6.45, 7) is 0.332. The molecule has 2 aromatic carbocycles. The molecule has 0 atom stereocenters. The molecule has 0 aliphatic heterocycles. The Bertz CT molecular complexity index is 677. The Morgan fingerprint density at radius 2 is 1.77 bits per heavy atom. The van der Waals surface area contributed by atoms with E-state index in [-0.39, 0.29) is 5.69 Å². The van der Waals surface area contributed by atoms with E-state index in [1.807, 2.05) is 30.3 Å². The number of rotatable bonds is 4. The molecule has 0 unspecified atom stereocenters. The van der Waals surface area contributed by atoms with Gasteiger partial charge >= 0.3 is 11.8 Å². The minimum Gasteiger partial charge on any atom is -0.347 e. The molecule has 0 heterocycles. The van der Waals surface area contributed by atoms with Crippen LogP contribution in [0.3, 0.4) is 0 Å². The number of nitrogens with one attached hydrogen (secondary N) is 2. The fourth-order valence-corrected chi connectivity index (χ4v) is 2.15. The molecular weight excluding hydrogens is 351 g/mol. The summed E-state index contributed by atoms with van der Waals surface area (Å²) in [6, 6.07) is 13.7. The van der Waals surface area contributed by atoms with Crippen LogP contribution < -0.4 is 10.6 Å². The van der Waals surface area contributed by atoms with Gasteiger partial charge in [-0.15, -0.1) is 0 Å². The molecule has 0 bridgehead atoms. The maximum Gasteiger partial charge on any atom is 0.313 e. The second-order valence-corrected chi connectivity index (χ2v) is 5.49. The van der Waals surface area contributed by atoms with Crippen LogP contribution in [0.2, 0.25) is 0 Å². The van der Waals surface area contributed by atoms with Gasteiger partial charge in [-0.3, -0.25) is 9.59 Å². The Kier molecular flexibility index (Phi) is 5.66. The first-order chi connectivity index (χ1) is 10.6. The molecule has 4 nitrogen and oxygen atoms in total. The number of hydrogen-bond acceptors (Lipinski definition) is 2. The lowest BCUT2D eigenvalue weighted by Crippen LogP contribution is -2.36. The summed E-state index contributed by atoms with van der Waals surface area (Å²) < 4.78 is 14.1. The monoisotopic (exact) mass is 364 g/mol. The lowest BCUT2D eigenvalue weighted by molar-refractivity contribution is -0.136. The number of halogens is 2. The van der Waals surface area contributed by atoms with Crippen LogP contribution in [0, 0.1) is 5.82 Å². The highest BCUT2D eigenvalue weighted by Gasteiger charge is 2.15. The molecule has 0 spiro atoms. The zero-order chi connectivity index (χ0) is 15.9. The van der Waals surface area contributed by atoms with Crippen LogP contribution in [-0.2, 0) is 16.0 Å². The molecule has 0 saturated carbocycles. The molecule has 2 aromatic rings. The van der Waals surface area contributed by atoms with E-state index in [1.54, 1.807) is 6.07 Å². The van der Waals surface area contributed by atoms with E-state index in [1.165, 1.54) is 12.1 Å². The molecule has 22 heavy (non-hydrogen) atoms. The Morgan fingerprint density at radius 1 is 1.05 bits per heavy atom. The van der Waals surface area contributed by atoms with E-state index in [4.69, 9.17) is 0 Å². The third kappa shape index (κ3) is 4.66. The van der Waals surface area contributed by atoms with E-state index < -0.39 is 17.6 Å². The highest BCUT2D eigenvalue weighted by atomic mass is 79.9. The number of carbonyl (C=O) groups is 2. The Morgan fingerprint density at radius 3 is 2.45 bits per heavy atom. The normalized spacial score (nSPS) is 10.1. The molecule has 2 rings (SSSR count). The molecule has 6 heteroatoms. The molecule has 0 saturated heterocycles. The molecule has 114 valence electrons. The van der Waals surface area contributed by atoms with Crippen LogP contribution in [0.4, 0.5) is 10.1 Å². The number of hydrogen-bond donors (Lipinski definition) is 2. The maximum absolute atomic E-state index is 13.6. The van der Waals surface area contributed by atoms with Gasteiger partial charge in [0.05, 0.1) is 5.69 Å². The third-order valence-corrected chi connectivity index (χ3v) is 3.42. The van der Waals surface area contributed by atoms with Crippen LogP contribution in [0.25, 0.3) is 0 Å². The van der Waals surface area contributed by atoms with Gasteiger partial charge < -0.3 is 10.6 Å². The highest BCUT2D eigenvalue weighted by molar-refractivity contribution is 9.10. The predicted molar refractivity (Wildman–Crippen MR) is 85.9 cm³/mol. The van der Waals surface area contributed by atoms with Gasteiger partial charge in [-0.05, 0) is 30.2 Å². The van der Waals surface area contributed by atoms with Gasteiger partial charge in [0.2, 0.25) is 0 Å². The second kappa shape index (κ2) is 7.70. The highest BCUT2D eigenvalue weighted by Crippen LogP contribution is 2.19. The SMILES string of the molecule is O=C(NCCc1ccccc1)C(=O)Nc1ccc(Br)cc1F. The zero-order valence-corrected chi connectivity index (χ0v) is 13.2. The van der Waals surface area contributed by atoms with Crippen molar-refractivity contribution in [2.75, 3.05) is 11.9 Å². The average Bonchev–Trinajstić information content (AvgIpc) is 2.51. The van der Waals surface area contributed by atoms with Crippen LogP contribution in [0.15, 0.2) is 53.0 Å². The van der Waals surface area contributed by atoms with Crippen LogP contribution in [0.5, 0.6) is 0 Å². The van der Waals surface area contributed by atoms with Crippen molar-refractivity contribution in [3.63, 3.8) is 0 Å². The van der Waals surface area contributed by atoms with Crippen LogP contribution in [0.1, 0.15) is 5.56 Å². The summed E-state index contributed by atoms with van der Waals surface area (Å²) in [6.07, 6.45) is 0.618. The van der Waals surface area contributed by atoms with Crippen molar-refractivity contribution in [3.8, 4) is 0 Å². The molecule has 2 N–H and O–H groups in total. The second-order valence-electron chi connectivity index (χ2n) is 4.57. The maximum atomic E-state index is 13.6. The third-order valence-electron chi connectivity index (χ3n) is 2.93. The van der Waals surface area contributed by atoms with Gasteiger partial charge in [-0.1, -0.05) is 46.3 Å². The number of benzene rings is 2. The van der Waals surface area contributed by atoms with E-state index in [0.717, 1.165) is 5.56 Å². The first-order valence-electron chi connectivity index (χ1n) is 6.64. The van der Waals surface area contributed by atoms with Crippen molar-refractivity contribution in [2.24, 2.45) is 0 Å². The van der Waals surface area contributed by atoms with Crippen molar-refractivity contribution in [1.29, 1.82) is 0 Å². The molecule has 0 aliphatic carbocycles. The van der Waals surface area contributed by atoms with Crippen LogP contribution >= 0.6 is 15.9 Å². The largest absolute Gasteiger partial charge is 0.347 e. The summed E-state index contributed by atoms with van der Waals surface area (Å²) >= 11 is 3.12. The average molecular weight is 365 g/mol. The quantitative estimate of drug-likeness (QED) is 0.819. The Hall–Kier alpha value is -2.21. The lowest BCUT2D eigenvalue weighted by atomic mass is 10.1. The topological polar surface area (TPSA) is 58.2 Å². The van der Waals surface area contributed by atoms with Crippen molar-refractivity contribution in [3.05, 3.63) is 64.4 Å². The molecule has 0 radical (unpaired) electrons.